The first-order valence-corrected chi connectivity index (χ1v) is 4.94. The minimum Gasteiger partial charge on any atom is -0.301 e. The van der Waals surface area contributed by atoms with Gasteiger partial charge in [-0.25, -0.2) is 0 Å². The highest BCUT2D eigenvalue weighted by molar-refractivity contribution is 4.81. The lowest BCUT2D eigenvalue weighted by Crippen LogP contribution is -2.36. The van der Waals surface area contributed by atoms with Crippen LogP contribution in [0.25, 0.3) is 0 Å². The summed E-state index contributed by atoms with van der Waals surface area (Å²) in [5.41, 5.74) is 0. The highest BCUT2D eigenvalue weighted by Crippen LogP contribution is 2.21. The summed E-state index contributed by atoms with van der Waals surface area (Å²) in [4.78, 5) is 2.59. The lowest BCUT2D eigenvalue weighted by molar-refractivity contribution is 0.184. The van der Waals surface area contributed by atoms with Crippen LogP contribution < -0.4 is 0 Å². The first kappa shape index (κ1) is 8.92. The maximum Gasteiger partial charge on any atom is 0.0890 e. The summed E-state index contributed by atoms with van der Waals surface area (Å²) < 4.78 is 0. The Morgan fingerprint density at radius 3 is 2.18 bits per heavy atom. The monoisotopic (exact) mass is 154 g/mol. The number of nitrogens with zero attached hydrogens (tertiary/aromatic N) is 1. The predicted molar refractivity (Wildman–Crippen MR) is 49.5 cm³/mol. The first-order chi connectivity index (χ1) is 5.38. The summed E-state index contributed by atoms with van der Waals surface area (Å²) in [6, 6.07) is 0.884. The lowest BCUT2D eigenvalue weighted by Gasteiger charge is -2.29. The zero-order valence-corrected chi connectivity index (χ0v) is 7.84. The van der Waals surface area contributed by atoms with Gasteiger partial charge in [0, 0.05) is 18.9 Å². The van der Waals surface area contributed by atoms with E-state index in [9.17, 15) is 0 Å². The molecule has 0 bridgehead atoms. The third kappa shape index (κ3) is 2.41. The van der Waals surface area contributed by atoms with Crippen LogP contribution in [0.2, 0.25) is 0 Å². The molecule has 1 fully saturated rings. The van der Waals surface area contributed by atoms with Gasteiger partial charge in [0.05, 0.1) is 19.3 Å². The van der Waals surface area contributed by atoms with E-state index in [0.717, 1.165) is 6.04 Å². The third-order valence-electron chi connectivity index (χ3n) is 2.74. The zero-order valence-electron chi connectivity index (χ0n) is 7.84. The molecule has 0 heterocycles. The van der Waals surface area contributed by atoms with E-state index in [4.69, 9.17) is 0 Å². The maximum atomic E-state index is 2.59. The highest BCUT2D eigenvalue weighted by Gasteiger charge is 2.22. The molecule has 1 aliphatic carbocycles. The van der Waals surface area contributed by atoms with Crippen molar-refractivity contribution in [2.45, 2.75) is 45.6 Å². The van der Waals surface area contributed by atoms with E-state index in [1.807, 2.05) is 0 Å². The van der Waals surface area contributed by atoms with E-state index >= 15 is 0 Å². The number of hydrogen-bond acceptors (Lipinski definition) is 1. The van der Waals surface area contributed by atoms with Crippen molar-refractivity contribution >= 4 is 0 Å². The lowest BCUT2D eigenvalue weighted by atomic mass is 9.94. The van der Waals surface area contributed by atoms with Crippen molar-refractivity contribution in [2.24, 2.45) is 0 Å². The minimum absolute atomic E-state index is 0.884. The highest BCUT2D eigenvalue weighted by atomic mass is 15.1. The molecule has 0 amide bonds. The minimum atomic E-state index is 0.884. The van der Waals surface area contributed by atoms with Crippen molar-refractivity contribution in [3.05, 3.63) is 6.42 Å². The van der Waals surface area contributed by atoms with Crippen molar-refractivity contribution < 1.29 is 0 Å². The van der Waals surface area contributed by atoms with Crippen LogP contribution in [0.15, 0.2) is 0 Å². The van der Waals surface area contributed by atoms with Crippen molar-refractivity contribution in [3.63, 3.8) is 0 Å². The molecule has 0 aromatic carbocycles. The quantitative estimate of drug-likeness (QED) is 0.564. The van der Waals surface area contributed by atoms with Crippen LogP contribution in [0.3, 0.4) is 0 Å². The molecule has 0 aromatic rings. The largest absolute Gasteiger partial charge is 0.301 e. The molecule has 11 heavy (non-hydrogen) atoms. The number of rotatable bonds is 3. The average molecular weight is 154 g/mol. The molecule has 0 unspecified atom stereocenters. The molecule has 0 saturated heterocycles. The maximum absolute atomic E-state index is 2.59. The molecule has 0 aromatic heterocycles. The molecular formula is C10H20N+. The Balaban J connectivity index is 2.30. The smallest absolute Gasteiger partial charge is 0.0890 e. The van der Waals surface area contributed by atoms with Crippen LogP contribution in [-0.4, -0.2) is 24.0 Å². The SMILES string of the molecule is CCN(CC)C1CC[CH+]CC1. The summed E-state index contributed by atoms with van der Waals surface area (Å²) in [7, 11) is 0. The summed E-state index contributed by atoms with van der Waals surface area (Å²) in [5, 5.41) is 0. The van der Waals surface area contributed by atoms with Crippen LogP contribution in [0, 0.1) is 6.42 Å². The molecule has 64 valence electrons. The van der Waals surface area contributed by atoms with E-state index in [1.54, 1.807) is 0 Å². The fourth-order valence-electron chi connectivity index (χ4n) is 2.01. The second-order valence-corrected chi connectivity index (χ2v) is 3.32. The Morgan fingerprint density at radius 1 is 1.18 bits per heavy atom. The van der Waals surface area contributed by atoms with E-state index in [-0.39, 0.29) is 0 Å². The van der Waals surface area contributed by atoms with Gasteiger partial charge in [-0.1, -0.05) is 13.8 Å². The standard InChI is InChI=1S/C10H20N/c1-3-11(4-2)10-8-6-5-7-9-10/h5,10H,3-4,6-9H2,1-2H3/q+1. The second-order valence-electron chi connectivity index (χ2n) is 3.32. The van der Waals surface area contributed by atoms with Crippen LogP contribution in [0.5, 0.6) is 0 Å². The third-order valence-corrected chi connectivity index (χ3v) is 2.74. The van der Waals surface area contributed by atoms with Crippen molar-refractivity contribution in [1.82, 2.24) is 4.90 Å². The van der Waals surface area contributed by atoms with Crippen LogP contribution in [0.1, 0.15) is 39.5 Å². The van der Waals surface area contributed by atoms with Gasteiger partial charge < -0.3 is 4.90 Å². The molecule has 0 aliphatic heterocycles. The molecule has 1 aliphatic rings. The van der Waals surface area contributed by atoms with E-state index in [0.29, 0.717) is 0 Å². The molecule has 1 rings (SSSR count). The molecular weight excluding hydrogens is 134 g/mol. The van der Waals surface area contributed by atoms with Gasteiger partial charge in [0.15, 0.2) is 0 Å². The van der Waals surface area contributed by atoms with Gasteiger partial charge in [-0.3, -0.25) is 0 Å². The van der Waals surface area contributed by atoms with E-state index < -0.39 is 0 Å². The Bertz CT molecular complexity index is 91.0. The Kier molecular flexibility index (Phi) is 3.78. The molecule has 0 atom stereocenters. The summed E-state index contributed by atoms with van der Waals surface area (Å²) in [5.74, 6) is 0. The molecule has 0 radical (unpaired) electrons. The van der Waals surface area contributed by atoms with Crippen LogP contribution in [-0.2, 0) is 0 Å². The van der Waals surface area contributed by atoms with Crippen LogP contribution in [0.4, 0.5) is 0 Å². The van der Waals surface area contributed by atoms with Gasteiger partial charge in [-0.2, -0.15) is 0 Å². The van der Waals surface area contributed by atoms with Gasteiger partial charge in [0.2, 0.25) is 0 Å². The molecule has 1 saturated carbocycles. The topological polar surface area (TPSA) is 3.24 Å². The number of hydrogen-bond donors (Lipinski definition) is 0. The fourth-order valence-corrected chi connectivity index (χ4v) is 2.01. The fraction of sp³-hybridized carbons (Fsp3) is 0.900. The van der Waals surface area contributed by atoms with Crippen molar-refractivity contribution in [2.75, 3.05) is 13.1 Å². The van der Waals surface area contributed by atoms with Gasteiger partial charge in [0.1, 0.15) is 0 Å². The summed E-state index contributed by atoms with van der Waals surface area (Å²) >= 11 is 0. The van der Waals surface area contributed by atoms with Crippen molar-refractivity contribution in [1.29, 1.82) is 0 Å². The predicted octanol–water partition coefficient (Wildman–Crippen LogP) is 2.48. The Labute approximate surface area is 70.8 Å². The zero-order chi connectivity index (χ0) is 8.10. The molecule has 0 spiro atoms. The molecule has 1 nitrogen and oxygen atoms in total. The Morgan fingerprint density at radius 2 is 1.73 bits per heavy atom. The molecule has 1 heteroatoms. The van der Waals surface area contributed by atoms with Gasteiger partial charge in [-0.15, -0.1) is 0 Å². The van der Waals surface area contributed by atoms with Crippen molar-refractivity contribution in [3.8, 4) is 0 Å². The van der Waals surface area contributed by atoms with E-state index in [2.05, 4.69) is 25.2 Å². The van der Waals surface area contributed by atoms with Crippen LogP contribution >= 0.6 is 0 Å². The summed E-state index contributed by atoms with van der Waals surface area (Å²) in [6.45, 7) is 6.98. The van der Waals surface area contributed by atoms with Gasteiger partial charge in [0.25, 0.3) is 0 Å². The normalized spacial score (nSPS) is 20.3. The first-order valence-electron chi connectivity index (χ1n) is 4.94. The second kappa shape index (κ2) is 4.66. The van der Waals surface area contributed by atoms with Gasteiger partial charge in [-0.05, 0) is 13.1 Å². The average Bonchev–Trinajstić information content (AvgIpc) is 2.09. The van der Waals surface area contributed by atoms with E-state index in [1.165, 1.54) is 38.8 Å². The van der Waals surface area contributed by atoms with Gasteiger partial charge >= 0.3 is 0 Å². The summed E-state index contributed by atoms with van der Waals surface area (Å²) in [6.07, 6.45) is 7.88. The molecule has 0 N–H and O–H groups in total. The Hall–Kier alpha value is -0.170.